The van der Waals surface area contributed by atoms with E-state index < -0.39 is 5.54 Å². The molecular formula is C26H30ClN3O3. The molecule has 6 nitrogen and oxygen atoms in total. The summed E-state index contributed by atoms with van der Waals surface area (Å²) < 4.78 is 7.47. The highest BCUT2D eigenvalue weighted by atomic mass is 35.5. The number of nitrogens with zero attached hydrogens (tertiary/aromatic N) is 2. The SMILES string of the molecule is C[C@H]1[C@H](C)CCC[C@@H]1NC(=O)[C@@]1(C)Cn2c(cc3occc32)C(=O)N1Cc1ccccc1Cl. The smallest absolute Gasteiger partial charge is 0.271 e. The monoisotopic (exact) mass is 467 g/mol. The number of aromatic nitrogens is 1. The van der Waals surface area contributed by atoms with Crippen LogP contribution in [0.5, 0.6) is 0 Å². The van der Waals surface area contributed by atoms with Crippen LogP contribution in [0.25, 0.3) is 11.1 Å². The first-order chi connectivity index (χ1) is 15.8. The van der Waals surface area contributed by atoms with Crippen LogP contribution in [-0.2, 0) is 17.9 Å². The topological polar surface area (TPSA) is 67.5 Å². The molecule has 0 radical (unpaired) electrons. The van der Waals surface area contributed by atoms with Gasteiger partial charge in [-0.15, -0.1) is 0 Å². The van der Waals surface area contributed by atoms with E-state index in [9.17, 15) is 9.59 Å². The molecule has 0 saturated heterocycles. The molecule has 0 spiro atoms. The van der Waals surface area contributed by atoms with Gasteiger partial charge in [0.05, 0.1) is 18.3 Å². The molecule has 5 rings (SSSR count). The summed E-state index contributed by atoms with van der Waals surface area (Å²) in [7, 11) is 0. The van der Waals surface area contributed by atoms with Crippen LogP contribution in [0.15, 0.2) is 47.1 Å². The Kier molecular flexibility index (Phi) is 5.52. The van der Waals surface area contributed by atoms with Gasteiger partial charge in [0, 0.05) is 29.7 Å². The number of hydrogen-bond donors (Lipinski definition) is 1. The van der Waals surface area contributed by atoms with E-state index in [-0.39, 0.29) is 24.4 Å². The highest BCUT2D eigenvalue weighted by molar-refractivity contribution is 6.31. The molecule has 3 aromatic rings. The third-order valence-corrected chi connectivity index (χ3v) is 8.22. The van der Waals surface area contributed by atoms with E-state index in [0.29, 0.717) is 34.7 Å². The average molecular weight is 468 g/mol. The average Bonchev–Trinajstić information content (AvgIpc) is 3.38. The van der Waals surface area contributed by atoms with Crippen molar-refractivity contribution in [3.63, 3.8) is 0 Å². The quantitative estimate of drug-likeness (QED) is 0.570. The van der Waals surface area contributed by atoms with E-state index in [0.717, 1.165) is 23.9 Å². The van der Waals surface area contributed by atoms with E-state index in [1.54, 1.807) is 17.2 Å². The first kappa shape index (κ1) is 22.1. The van der Waals surface area contributed by atoms with Crippen molar-refractivity contribution in [1.82, 2.24) is 14.8 Å². The van der Waals surface area contributed by atoms with Gasteiger partial charge in [-0.25, -0.2) is 0 Å². The molecule has 1 aliphatic carbocycles. The van der Waals surface area contributed by atoms with Crippen molar-refractivity contribution in [2.45, 2.75) is 64.7 Å². The highest BCUT2D eigenvalue weighted by Crippen LogP contribution is 2.36. The Morgan fingerprint density at radius 2 is 2.03 bits per heavy atom. The number of amides is 2. The Morgan fingerprint density at radius 1 is 1.24 bits per heavy atom. The van der Waals surface area contributed by atoms with Gasteiger partial charge >= 0.3 is 0 Å². The summed E-state index contributed by atoms with van der Waals surface area (Å²) in [5.74, 6) is 0.635. The van der Waals surface area contributed by atoms with Crippen molar-refractivity contribution < 1.29 is 14.0 Å². The lowest BCUT2D eigenvalue weighted by Gasteiger charge is -2.45. The normalized spacial score (nSPS) is 27.6. The maximum atomic E-state index is 13.9. The predicted octanol–water partition coefficient (Wildman–Crippen LogP) is 5.24. The van der Waals surface area contributed by atoms with Crippen LogP contribution >= 0.6 is 11.6 Å². The first-order valence-corrected chi connectivity index (χ1v) is 12.1. The summed E-state index contributed by atoms with van der Waals surface area (Å²) in [6, 6.07) is 11.2. The number of rotatable bonds is 4. The molecule has 7 heteroatoms. The Balaban J connectivity index is 1.54. The van der Waals surface area contributed by atoms with E-state index in [2.05, 4.69) is 19.2 Å². The lowest BCUT2D eigenvalue weighted by molar-refractivity contribution is -0.134. The molecular weight excluding hydrogens is 438 g/mol. The van der Waals surface area contributed by atoms with Gasteiger partial charge in [0.25, 0.3) is 5.91 Å². The van der Waals surface area contributed by atoms with E-state index >= 15 is 0 Å². The van der Waals surface area contributed by atoms with Crippen molar-refractivity contribution in [1.29, 1.82) is 0 Å². The summed E-state index contributed by atoms with van der Waals surface area (Å²) >= 11 is 6.44. The van der Waals surface area contributed by atoms with Gasteiger partial charge in [0.15, 0.2) is 5.58 Å². The fraction of sp³-hybridized carbons (Fsp3) is 0.462. The Morgan fingerprint density at radius 3 is 2.82 bits per heavy atom. The fourth-order valence-electron chi connectivity index (χ4n) is 5.43. The van der Waals surface area contributed by atoms with Crippen molar-refractivity contribution in [3.8, 4) is 0 Å². The number of fused-ring (bicyclic) bond motifs is 3. The minimum atomic E-state index is -1.08. The maximum absolute atomic E-state index is 13.9. The number of halogens is 1. The molecule has 33 heavy (non-hydrogen) atoms. The zero-order valence-corrected chi connectivity index (χ0v) is 20.1. The van der Waals surface area contributed by atoms with E-state index in [1.807, 2.05) is 41.8 Å². The standard InChI is InChI=1S/C26H30ClN3O3/c1-16-7-6-10-20(17(16)2)28-25(32)26(3)15-29-21-11-12-33-23(21)13-22(29)24(31)30(26)14-18-8-4-5-9-19(18)27/h4-5,8-9,11-13,16-17,20H,6-7,10,14-15H2,1-3H3,(H,28,32)/t16-,17+,20+,26-/m1/s1. The van der Waals surface area contributed by atoms with Crippen LogP contribution in [0.2, 0.25) is 5.02 Å². The van der Waals surface area contributed by atoms with Gasteiger partial charge in [0.2, 0.25) is 5.91 Å². The summed E-state index contributed by atoms with van der Waals surface area (Å²) in [6.45, 7) is 6.93. The first-order valence-electron chi connectivity index (χ1n) is 11.7. The summed E-state index contributed by atoms with van der Waals surface area (Å²) in [5.41, 5.74) is 1.74. The lowest BCUT2D eigenvalue weighted by atomic mass is 9.77. The van der Waals surface area contributed by atoms with Crippen molar-refractivity contribution in [2.24, 2.45) is 11.8 Å². The minimum Gasteiger partial charge on any atom is -0.463 e. The maximum Gasteiger partial charge on any atom is 0.271 e. The molecule has 0 bridgehead atoms. The molecule has 1 fully saturated rings. The van der Waals surface area contributed by atoms with Crippen LogP contribution < -0.4 is 5.32 Å². The predicted molar refractivity (Wildman–Crippen MR) is 128 cm³/mol. The molecule has 2 aliphatic rings. The Hall–Kier alpha value is -2.73. The number of benzene rings is 1. The molecule has 1 aromatic carbocycles. The molecule has 0 unspecified atom stereocenters. The van der Waals surface area contributed by atoms with Gasteiger partial charge in [-0.3, -0.25) is 9.59 Å². The van der Waals surface area contributed by atoms with Crippen molar-refractivity contribution in [3.05, 3.63) is 58.9 Å². The van der Waals surface area contributed by atoms with Crippen LogP contribution in [0.1, 0.15) is 56.1 Å². The van der Waals surface area contributed by atoms with E-state index in [1.165, 1.54) is 6.42 Å². The number of carbonyl (C=O) groups is 2. The number of furan rings is 1. The largest absolute Gasteiger partial charge is 0.463 e. The summed E-state index contributed by atoms with van der Waals surface area (Å²) in [4.78, 5) is 29.3. The fourth-order valence-corrected chi connectivity index (χ4v) is 5.62. The molecule has 1 aliphatic heterocycles. The second kappa shape index (κ2) is 8.24. The van der Waals surface area contributed by atoms with Crippen LogP contribution in [0.4, 0.5) is 0 Å². The second-order valence-electron chi connectivity index (χ2n) is 9.89. The third-order valence-electron chi connectivity index (χ3n) is 7.85. The van der Waals surface area contributed by atoms with Crippen molar-refractivity contribution >= 4 is 34.5 Å². The van der Waals surface area contributed by atoms with Gasteiger partial charge in [-0.2, -0.15) is 0 Å². The number of nitrogens with one attached hydrogen (secondary N) is 1. The minimum absolute atomic E-state index is 0.107. The molecule has 174 valence electrons. The van der Waals surface area contributed by atoms with Crippen LogP contribution in [-0.4, -0.2) is 32.9 Å². The Labute approximate surface area is 198 Å². The molecule has 1 N–H and O–H groups in total. The molecule has 2 aromatic heterocycles. The zero-order chi connectivity index (χ0) is 23.3. The Bertz CT molecular complexity index is 1210. The lowest BCUT2D eigenvalue weighted by Crippen LogP contribution is -2.65. The van der Waals surface area contributed by atoms with E-state index in [4.69, 9.17) is 16.0 Å². The van der Waals surface area contributed by atoms with Crippen LogP contribution in [0, 0.1) is 11.8 Å². The number of hydrogen-bond acceptors (Lipinski definition) is 3. The molecule has 2 amide bonds. The second-order valence-corrected chi connectivity index (χ2v) is 10.3. The molecule has 3 heterocycles. The van der Waals surface area contributed by atoms with Gasteiger partial charge in [0.1, 0.15) is 11.2 Å². The highest BCUT2D eigenvalue weighted by Gasteiger charge is 2.49. The third kappa shape index (κ3) is 3.65. The van der Waals surface area contributed by atoms with Gasteiger partial charge in [-0.1, -0.05) is 56.5 Å². The van der Waals surface area contributed by atoms with Gasteiger partial charge in [-0.05, 0) is 36.8 Å². The summed E-state index contributed by atoms with van der Waals surface area (Å²) in [6.07, 6.45) is 4.87. The molecule has 1 saturated carbocycles. The molecule has 4 atom stereocenters. The van der Waals surface area contributed by atoms with Gasteiger partial charge < -0.3 is 19.2 Å². The number of carbonyl (C=O) groups excluding carboxylic acids is 2. The zero-order valence-electron chi connectivity index (χ0n) is 19.3. The van der Waals surface area contributed by atoms with Crippen molar-refractivity contribution in [2.75, 3.05) is 0 Å². The summed E-state index contributed by atoms with van der Waals surface area (Å²) in [5, 5.41) is 3.90. The van der Waals surface area contributed by atoms with Crippen LogP contribution in [0.3, 0.4) is 0 Å².